The second-order valence-corrected chi connectivity index (χ2v) is 6.18. The van der Waals surface area contributed by atoms with Gasteiger partial charge >= 0.3 is 0 Å². The van der Waals surface area contributed by atoms with Gasteiger partial charge in [0, 0.05) is 11.3 Å². The molecule has 0 radical (unpaired) electrons. The molecule has 1 aliphatic rings. The van der Waals surface area contributed by atoms with E-state index in [1.165, 1.54) is 4.90 Å². The first-order valence-corrected chi connectivity index (χ1v) is 8.54. The maximum atomic E-state index is 12.7. The van der Waals surface area contributed by atoms with Crippen LogP contribution in [0.3, 0.4) is 0 Å². The summed E-state index contributed by atoms with van der Waals surface area (Å²) in [7, 11) is 0. The SMILES string of the molecule is CCCCC1=C(Br)C(O)(CBr)N(c2ccccc2)C1=O. The van der Waals surface area contributed by atoms with Crippen LogP contribution in [0.2, 0.25) is 0 Å². The molecule has 1 heterocycles. The van der Waals surface area contributed by atoms with Gasteiger partial charge in [0.15, 0.2) is 5.72 Å². The Balaban J connectivity index is 2.43. The predicted molar refractivity (Wildman–Crippen MR) is 88.1 cm³/mol. The van der Waals surface area contributed by atoms with Crippen LogP contribution in [0.25, 0.3) is 0 Å². The van der Waals surface area contributed by atoms with E-state index in [1.807, 2.05) is 30.3 Å². The van der Waals surface area contributed by atoms with Gasteiger partial charge < -0.3 is 5.11 Å². The van der Waals surface area contributed by atoms with Gasteiger partial charge in [-0.1, -0.05) is 47.5 Å². The fourth-order valence-corrected chi connectivity index (χ4v) is 3.93. The van der Waals surface area contributed by atoms with Crippen molar-refractivity contribution in [2.75, 3.05) is 10.2 Å². The lowest BCUT2D eigenvalue weighted by Crippen LogP contribution is -2.49. The normalized spacial score (nSPS) is 22.8. The number of unbranched alkanes of at least 4 members (excludes halogenated alkanes) is 1. The van der Waals surface area contributed by atoms with Gasteiger partial charge in [0.2, 0.25) is 0 Å². The summed E-state index contributed by atoms with van der Waals surface area (Å²) in [4.78, 5) is 14.1. The molecular weight excluding hydrogens is 386 g/mol. The van der Waals surface area contributed by atoms with Crippen molar-refractivity contribution in [3.63, 3.8) is 0 Å². The summed E-state index contributed by atoms with van der Waals surface area (Å²) in [5.41, 5.74) is 0.0159. The molecule has 5 heteroatoms. The lowest BCUT2D eigenvalue weighted by molar-refractivity contribution is -0.116. The topological polar surface area (TPSA) is 40.5 Å². The summed E-state index contributed by atoms with van der Waals surface area (Å²) < 4.78 is 0.573. The van der Waals surface area contributed by atoms with Crippen molar-refractivity contribution in [2.24, 2.45) is 0 Å². The highest BCUT2D eigenvalue weighted by molar-refractivity contribution is 9.12. The highest BCUT2D eigenvalue weighted by atomic mass is 79.9. The molecule has 1 unspecified atom stereocenters. The second-order valence-electron chi connectivity index (χ2n) is 4.82. The Morgan fingerprint density at radius 3 is 2.50 bits per heavy atom. The second kappa shape index (κ2) is 6.41. The fourth-order valence-electron chi connectivity index (χ4n) is 2.33. The van der Waals surface area contributed by atoms with E-state index in [-0.39, 0.29) is 11.2 Å². The number of halogens is 2. The number of hydrogen-bond donors (Lipinski definition) is 1. The van der Waals surface area contributed by atoms with Crippen LogP contribution >= 0.6 is 31.9 Å². The summed E-state index contributed by atoms with van der Waals surface area (Å²) in [5.74, 6) is -0.126. The minimum absolute atomic E-state index is 0.126. The van der Waals surface area contributed by atoms with Gasteiger partial charge in [-0.3, -0.25) is 9.69 Å². The van der Waals surface area contributed by atoms with E-state index in [2.05, 4.69) is 38.8 Å². The van der Waals surface area contributed by atoms with Crippen LogP contribution in [-0.4, -0.2) is 22.1 Å². The number of anilines is 1. The molecule has 20 heavy (non-hydrogen) atoms. The number of alkyl halides is 1. The number of carbonyl (C=O) groups is 1. The first-order valence-electron chi connectivity index (χ1n) is 6.63. The molecule has 0 bridgehead atoms. The third-order valence-corrected chi connectivity index (χ3v) is 5.32. The van der Waals surface area contributed by atoms with Gasteiger partial charge in [0.1, 0.15) is 0 Å². The molecule has 0 saturated heterocycles. The lowest BCUT2D eigenvalue weighted by Gasteiger charge is -2.33. The molecule has 1 amide bonds. The molecule has 0 fully saturated rings. The number of amides is 1. The smallest absolute Gasteiger partial charge is 0.257 e. The zero-order valence-corrected chi connectivity index (χ0v) is 14.4. The van der Waals surface area contributed by atoms with Crippen LogP contribution in [0.1, 0.15) is 26.2 Å². The van der Waals surface area contributed by atoms with E-state index in [9.17, 15) is 9.90 Å². The van der Waals surface area contributed by atoms with Crippen molar-refractivity contribution < 1.29 is 9.90 Å². The quantitative estimate of drug-likeness (QED) is 0.757. The summed E-state index contributed by atoms with van der Waals surface area (Å²) in [5, 5.41) is 11.1. The average Bonchev–Trinajstić information content (AvgIpc) is 2.66. The Kier molecular flexibility index (Phi) is 5.04. The fraction of sp³-hybridized carbons (Fsp3) is 0.400. The van der Waals surface area contributed by atoms with Crippen LogP contribution in [-0.2, 0) is 4.79 Å². The molecule has 1 N–H and O–H groups in total. The first-order chi connectivity index (χ1) is 9.56. The molecule has 3 nitrogen and oxygen atoms in total. The van der Waals surface area contributed by atoms with Crippen LogP contribution in [0, 0.1) is 0 Å². The van der Waals surface area contributed by atoms with Crippen LogP contribution in [0.5, 0.6) is 0 Å². The molecule has 0 saturated carbocycles. The monoisotopic (exact) mass is 401 g/mol. The molecule has 2 rings (SSSR count). The van der Waals surface area contributed by atoms with Crippen molar-refractivity contribution in [3.05, 3.63) is 40.4 Å². The molecule has 0 aliphatic carbocycles. The molecule has 1 aliphatic heterocycles. The van der Waals surface area contributed by atoms with E-state index in [1.54, 1.807) is 0 Å². The lowest BCUT2D eigenvalue weighted by atomic mass is 10.1. The van der Waals surface area contributed by atoms with Crippen molar-refractivity contribution in [1.29, 1.82) is 0 Å². The van der Waals surface area contributed by atoms with E-state index >= 15 is 0 Å². The van der Waals surface area contributed by atoms with Crippen molar-refractivity contribution in [2.45, 2.75) is 31.9 Å². The number of rotatable bonds is 5. The number of carbonyl (C=O) groups excluding carboxylic acids is 1. The summed E-state index contributed by atoms with van der Waals surface area (Å²) >= 11 is 6.76. The van der Waals surface area contributed by atoms with Crippen molar-refractivity contribution in [3.8, 4) is 0 Å². The zero-order valence-electron chi connectivity index (χ0n) is 11.3. The zero-order chi connectivity index (χ0) is 14.8. The van der Waals surface area contributed by atoms with E-state index in [0.717, 1.165) is 12.8 Å². The van der Waals surface area contributed by atoms with Crippen LogP contribution in [0.4, 0.5) is 5.69 Å². The standard InChI is InChI=1S/C15H17Br2NO2/c1-2-3-9-12-13(17)15(20,10-16)18(14(12)19)11-7-5-4-6-8-11/h4-8,20H,2-3,9-10H2,1H3. The molecule has 108 valence electrons. The molecule has 1 atom stereocenters. The molecule has 1 aromatic rings. The van der Waals surface area contributed by atoms with Crippen molar-refractivity contribution in [1.82, 2.24) is 0 Å². The summed E-state index contributed by atoms with van der Waals surface area (Å²) in [6.07, 6.45) is 2.61. The molecule has 0 spiro atoms. The van der Waals surface area contributed by atoms with E-state index in [4.69, 9.17) is 0 Å². The minimum atomic E-state index is -1.35. The summed E-state index contributed by atoms with van der Waals surface area (Å²) in [6, 6.07) is 9.26. The van der Waals surface area contributed by atoms with Crippen LogP contribution < -0.4 is 4.90 Å². The Morgan fingerprint density at radius 1 is 1.30 bits per heavy atom. The maximum Gasteiger partial charge on any atom is 0.257 e. The number of para-hydroxylation sites is 1. The van der Waals surface area contributed by atoms with Gasteiger partial charge in [-0.05, 0) is 40.9 Å². The summed E-state index contributed by atoms with van der Waals surface area (Å²) in [6.45, 7) is 2.08. The van der Waals surface area contributed by atoms with Gasteiger partial charge in [-0.15, -0.1) is 0 Å². The Bertz CT molecular complexity index is 530. The van der Waals surface area contributed by atoms with Gasteiger partial charge in [-0.25, -0.2) is 0 Å². The third kappa shape index (κ3) is 2.59. The van der Waals surface area contributed by atoms with E-state index < -0.39 is 5.72 Å². The van der Waals surface area contributed by atoms with Crippen LogP contribution in [0.15, 0.2) is 40.4 Å². The molecule has 1 aromatic carbocycles. The van der Waals surface area contributed by atoms with Crippen molar-refractivity contribution >= 4 is 43.5 Å². The minimum Gasteiger partial charge on any atom is -0.365 e. The Labute approximate surface area is 135 Å². The maximum absolute atomic E-state index is 12.7. The highest BCUT2D eigenvalue weighted by Crippen LogP contribution is 2.43. The third-order valence-electron chi connectivity index (χ3n) is 3.43. The number of aliphatic hydroxyl groups is 1. The Hall–Kier alpha value is -0.650. The number of hydrogen-bond acceptors (Lipinski definition) is 2. The largest absolute Gasteiger partial charge is 0.365 e. The number of benzene rings is 1. The molecule has 0 aromatic heterocycles. The predicted octanol–water partition coefficient (Wildman–Crippen LogP) is 3.96. The number of nitrogens with zero attached hydrogens (tertiary/aromatic N) is 1. The average molecular weight is 403 g/mol. The van der Waals surface area contributed by atoms with Gasteiger partial charge in [-0.2, -0.15) is 0 Å². The molecular formula is C15H17Br2NO2. The van der Waals surface area contributed by atoms with E-state index in [0.29, 0.717) is 22.2 Å². The first kappa shape index (κ1) is 15.7. The Morgan fingerprint density at radius 2 is 1.95 bits per heavy atom. The van der Waals surface area contributed by atoms with Gasteiger partial charge in [0.05, 0.1) is 9.81 Å². The van der Waals surface area contributed by atoms with Gasteiger partial charge in [0.25, 0.3) is 5.91 Å². The highest BCUT2D eigenvalue weighted by Gasteiger charge is 2.49.